The van der Waals surface area contributed by atoms with E-state index in [0.29, 0.717) is 11.5 Å². The molecule has 1 N–H and O–H groups in total. The Labute approximate surface area is 127 Å². The van der Waals surface area contributed by atoms with Crippen LogP contribution in [0.4, 0.5) is 5.82 Å². The third-order valence-electron chi connectivity index (χ3n) is 3.04. The van der Waals surface area contributed by atoms with Crippen molar-refractivity contribution in [2.24, 2.45) is 0 Å². The van der Waals surface area contributed by atoms with Crippen molar-refractivity contribution < 1.29 is 4.79 Å². The average molecular weight is 290 g/mol. The highest BCUT2D eigenvalue weighted by Crippen LogP contribution is 2.09. The van der Waals surface area contributed by atoms with E-state index in [2.05, 4.69) is 20.3 Å². The SMILES string of the molecule is Cc1ccc(NC(=O)/C=C/c2cnc3ccccc3n2)nc1. The van der Waals surface area contributed by atoms with Gasteiger partial charge in [-0.15, -0.1) is 0 Å². The van der Waals surface area contributed by atoms with Crippen LogP contribution >= 0.6 is 0 Å². The third kappa shape index (κ3) is 3.32. The van der Waals surface area contributed by atoms with Crippen molar-refractivity contribution in [3.8, 4) is 0 Å². The van der Waals surface area contributed by atoms with Crippen LogP contribution in [0.25, 0.3) is 17.1 Å². The lowest BCUT2D eigenvalue weighted by atomic mass is 10.3. The third-order valence-corrected chi connectivity index (χ3v) is 3.04. The fraction of sp³-hybridized carbons (Fsp3) is 0.0588. The second-order valence-corrected chi connectivity index (χ2v) is 4.83. The number of fused-ring (bicyclic) bond motifs is 1. The van der Waals surface area contributed by atoms with Crippen LogP contribution in [-0.4, -0.2) is 20.9 Å². The van der Waals surface area contributed by atoms with Gasteiger partial charge in [0.15, 0.2) is 0 Å². The highest BCUT2D eigenvalue weighted by molar-refractivity contribution is 6.01. The molecule has 5 heteroatoms. The first kappa shape index (κ1) is 13.9. The lowest BCUT2D eigenvalue weighted by Gasteiger charge is -2.01. The van der Waals surface area contributed by atoms with Crippen LogP contribution in [-0.2, 0) is 4.79 Å². The highest BCUT2D eigenvalue weighted by atomic mass is 16.1. The molecule has 0 aliphatic heterocycles. The number of hydrogen-bond donors (Lipinski definition) is 1. The maximum Gasteiger partial charge on any atom is 0.249 e. The van der Waals surface area contributed by atoms with Crippen LogP contribution in [0.2, 0.25) is 0 Å². The van der Waals surface area contributed by atoms with Gasteiger partial charge in [0, 0.05) is 12.3 Å². The molecule has 0 radical (unpaired) electrons. The van der Waals surface area contributed by atoms with Gasteiger partial charge in [0.2, 0.25) is 5.91 Å². The molecule has 0 aliphatic rings. The van der Waals surface area contributed by atoms with Crippen LogP contribution in [0.15, 0.2) is 54.9 Å². The van der Waals surface area contributed by atoms with Crippen LogP contribution < -0.4 is 5.32 Å². The van der Waals surface area contributed by atoms with Crippen molar-refractivity contribution in [1.82, 2.24) is 15.0 Å². The van der Waals surface area contributed by atoms with Crippen LogP contribution in [0.3, 0.4) is 0 Å². The smallest absolute Gasteiger partial charge is 0.249 e. The zero-order valence-corrected chi connectivity index (χ0v) is 12.0. The summed E-state index contributed by atoms with van der Waals surface area (Å²) in [6.07, 6.45) is 6.38. The molecule has 1 amide bonds. The van der Waals surface area contributed by atoms with Gasteiger partial charge < -0.3 is 5.32 Å². The molecule has 2 aromatic heterocycles. The number of rotatable bonds is 3. The Balaban J connectivity index is 1.71. The van der Waals surface area contributed by atoms with Crippen molar-refractivity contribution in [3.63, 3.8) is 0 Å². The fourth-order valence-electron chi connectivity index (χ4n) is 1.92. The number of amides is 1. The Morgan fingerprint density at radius 1 is 1.05 bits per heavy atom. The number of benzene rings is 1. The summed E-state index contributed by atoms with van der Waals surface area (Å²) in [5, 5.41) is 2.69. The van der Waals surface area contributed by atoms with Crippen molar-refractivity contribution in [1.29, 1.82) is 0 Å². The molecule has 0 unspecified atom stereocenters. The summed E-state index contributed by atoms with van der Waals surface area (Å²) < 4.78 is 0. The standard InChI is InChI=1S/C17H14N4O/c1-12-6-8-16(19-10-12)21-17(22)9-7-13-11-18-14-4-2-3-5-15(14)20-13/h2-11H,1H3,(H,19,21,22)/b9-7+. The van der Waals surface area contributed by atoms with Gasteiger partial charge >= 0.3 is 0 Å². The molecule has 22 heavy (non-hydrogen) atoms. The monoisotopic (exact) mass is 290 g/mol. The molecule has 5 nitrogen and oxygen atoms in total. The number of aromatic nitrogens is 3. The molecule has 0 fully saturated rings. The molecule has 1 aromatic carbocycles. The number of hydrogen-bond acceptors (Lipinski definition) is 4. The molecule has 0 spiro atoms. The summed E-state index contributed by atoms with van der Waals surface area (Å²) in [6.45, 7) is 1.94. The first-order valence-corrected chi connectivity index (χ1v) is 6.84. The lowest BCUT2D eigenvalue weighted by Crippen LogP contribution is -2.09. The maximum atomic E-state index is 11.8. The van der Waals surface area contributed by atoms with E-state index in [1.807, 2.05) is 37.3 Å². The van der Waals surface area contributed by atoms with Gasteiger partial charge in [0.25, 0.3) is 0 Å². The zero-order valence-electron chi connectivity index (χ0n) is 12.0. The summed E-state index contributed by atoms with van der Waals surface area (Å²) in [5.74, 6) is 0.260. The topological polar surface area (TPSA) is 67.8 Å². The van der Waals surface area contributed by atoms with Crippen molar-refractivity contribution in [3.05, 3.63) is 66.1 Å². The van der Waals surface area contributed by atoms with Gasteiger partial charge in [-0.25, -0.2) is 9.97 Å². The molecule has 108 valence electrons. The molecule has 2 heterocycles. The Kier molecular flexibility index (Phi) is 3.87. The molecule has 0 saturated heterocycles. The van der Waals surface area contributed by atoms with Crippen LogP contribution in [0, 0.1) is 6.92 Å². The van der Waals surface area contributed by atoms with E-state index >= 15 is 0 Å². The second-order valence-electron chi connectivity index (χ2n) is 4.83. The van der Waals surface area contributed by atoms with Gasteiger partial charge in [0.1, 0.15) is 5.82 Å². The minimum Gasteiger partial charge on any atom is -0.307 e. The molecule has 0 saturated carbocycles. The van der Waals surface area contributed by atoms with E-state index in [1.54, 1.807) is 24.5 Å². The summed E-state index contributed by atoms with van der Waals surface area (Å²) in [5.41, 5.74) is 3.30. The van der Waals surface area contributed by atoms with Gasteiger partial charge in [0.05, 0.1) is 22.9 Å². The molecular formula is C17H14N4O. The Morgan fingerprint density at radius 3 is 2.64 bits per heavy atom. The maximum absolute atomic E-state index is 11.8. The molecule has 0 aliphatic carbocycles. The predicted octanol–water partition coefficient (Wildman–Crippen LogP) is 2.99. The number of carbonyl (C=O) groups excluding carboxylic acids is 1. The van der Waals surface area contributed by atoms with Crippen molar-refractivity contribution >= 4 is 28.8 Å². The summed E-state index contributed by atoms with van der Waals surface area (Å²) in [4.78, 5) is 24.7. The summed E-state index contributed by atoms with van der Waals surface area (Å²) in [6, 6.07) is 11.2. The quantitative estimate of drug-likeness (QED) is 0.753. The number of nitrogens with zero attached hydrogens (tertiary/aromatic N) is 3. The second kappa shape index (κ2) is 6.13. The summed E-state index contributed by atoms with van der Waals surface area (Å²) in [7, 11) is 0. The molecule has 3 rings (SSSR count). The van der Waals surface area contributed by atoms with Crippen molar-refractivity contribution in [2.75, 3.05) is 5.32 Å². The van der Waals surface area contributed by atoms with Crippen LogP contribution in [0.5, 0.6) is 0 Å². The predicted molar refractivity (Wildman–Crippen MR) is 86.2 cm³/mol. The first-order valence-electron chi connectivity index (χ1n) is 6.84. The number of aryl methyl sites for hydroxylation is 1. The van der Waals surface area contributed by atoms with E-state index < -0.39 is 0 Å². The number of nitrogens with one attached hydrogen (secondary N) is 1. The molecule has 3 aromatic rings. The normalized spacial score (nSPS) is 11.0. The molecule has 0 atom stereocenters. The van der Waals surface area contributed by atoms with Gasteiger partial charge in [-0.05, 0) is 36.8 Å². The fourth-order valence-corrected chi connectivity index (χ4v) is 1.92. The van der Waals surface area contributed by atoms with Gasteiger partial charge in [-0.2, -0.15) is 0 Å². The largest absolute Gasteiger partial charge is 0.307 e. The zero-order chi connectivity index (χ0) is 15.4. The first-order chi connectivity index (χ1) is 10.7. The van der Waals surface area contributed by atoms with Crippen molar-refractivity contribution in [2.45, 2.75) is 6.92 Å². The Hall–Kier alpha value is -3.08. The number of carbonyl (C=O) groups is 1. The van der Waals surface area contributed by atoms with Crippen LogP contribution in [0.1, 0.15) is 11.3 Å². The van der Waals surface area contributed by atoms with E-state index in [9.17, 15) is 4.79 Å². The lowest BCUT2D eigenvalue weighted by molar-refractivity contribution is -0.111. The molecular weight excluding hydrogens is 276 g/mol. The average Bonchev–Trinajstić information content (AvgIpc) is 2.55. The minimum atomic E-state index is -0.258. The minimum absolute atomic E-state index is 0.258. The van der Waals surface area contributed by atoms with Gasteiger partial charge in [-0.3, -0.25) is 9.78 Å². The van der Waals surface area contributed by atoms with E-state index in [1.165, 1.54) is 6.08 Å². The van der Waals surface area contributed by atoms with E-state index in [0.717, 1.165) is 16.6 Å². The Morgan fingerprint density at radius 2 is 1.86 bits per heavy atom. The number of pyridine rings is 1. The van der Waals surface area contributed by atoms with Gasteiger partial charge in [-0.1, -0.05) is 18.2 Å². The molecule has 0 bridgehead atoms. The van der Waals surface area contributed by atoms with E-state index in [4.69, 9.17) is 0 Å². The Bertz CT molecular complexity index is 841. The summed E-state index contributed by atoms with van der Waals surface area (Å²) >= 11 is 0. The highest BCUT2D eigenvalue weighted by Gasteiger charge is 2.00. The number of anilines is 1. The number of para-hydroxylation sites is 2. The van der Waals surface area contributed by atoms with E-state index in [-0.39, 0.29) is 5.91 Å².